The van der Waals surface area contributed by atoms with Crippen molar-refractivity contribution < 1.29 is 31.1 Å². The Hall–Kier alpha value is -1.73. The molecule has 8 heteroatoms. The summed E-state index contributed by atoms with van der Waals surface area (Å²) >= 11 is 0. The van der Waals surface area contributed by atoms with Gasteiger partial charge in [0.1, 0.15) is 0 Å². The summed E-state index contributed by atoms with van der Waals surface area (Å²) in [4.78, 5) is 11.6. The highest BCUT2D eigenvalue weighted by Crippen LogP contribution is 2.36. The minimum atomic E-state index is -5.01. The fraction of sp³-hybridized carbons (Fsp3) is 0.417. The molecule has 0 bridgehead atoms. The fourth-order valence-corrected chi connectivity index (χ4v) is 2.23. The highest BCUT2D eigenvalue weighted by Gasteiger charge is 2.44. The van der Waals surface area contributed by atoms with Crippen molar-refractivity contribution in [3.63, 3.8) is 0 Å². The van der Waals surface area contributed by atoms with Crippen LogP contribution in [0, 0.1) is 0 Å². The van der Waals surface area contributed by atoms with Gasteiger partial charge in [-0.25, -0.2) is 0 Å². The number of fused-ring (bicyclic) bond motifs is 1. The van der Waals surface area contributed by atoms with E-state index in [0.29, 0.717) is 4.90 Å². The first-order valence-corrected chi connectivity index (χ1v) is 5.65. The highest BCUT2D eigenvalue weighted by molar-refractivity contribution is 5.82. The third kappa shape index (κ3) is 2.73. The predicted molar refractivity (Wildman–Crippen MR) is 56.6 cm³/mol. The summed E-state index contributed by atoms with van der Waals surface area (Å²) < 4.78 is 75.2. The molecule has 2 rings (SSSR count). The van der Waals surface area contributed by atoms with Crippen molar-refractivity contribution in [2.45, 2.75) is 25.3 Å². The van der Waals surface area contributed by atoms with Crippen LogP contribution < -0.4 is 0 Å². The van der Waals surface area contributed by atoms with Crippen LogP contribution in [0.1, 0.15) is 16.7 Å². The average Bonchev–Trinajstić information content (AvgIpc) is 2.34. The van der Waals surface area contributed by atoms with Gasteiger partial charge in [0.2, 0.25) is 0 Å². The van der Waals surface area contributed by atoms with Gasteiger partial charge in [-0.2, -0.15) is 26.3 Å². The van der Waals surface area contributed by atoms with Crippen LogP contribution in [0.4, 0.5) is 26.3 Å². The van der Waals surface area contributed by atoms with Crippen molar-refractivity contribution in [3.8, 4) is 0 Å². The molecule has 2 nitrogen and oxygen atoms in total. The molecule has 0 fully saturated rings. The molecule has 0 spiro atoms. The molecule has 0 radical (unpaired) electrons. The van der Waals surface area contributed by atoms with E-state index in [-0.39, 0.29) is 24.1 Å². The van der Waals surface area contributed by atoms with Crippen LogP contribution in [-0.2, 0) is 23.9 Å². The first kappa shape index (κ1) is 14.7. The SMILES string of the molecule is O=C(N1CCc2c(cccc2C(F)(F)F)C1)C(F)(F)F. The second-order valence-corrected chi connectivity index (χ2v) is 4.42. The van der Waals surface area contributed by atoms with Gasteiger partial charge < -0.3 is 4.90 Å². The number of alkyl halides is 6. The average molecular weight is 297 g/mol. The minimum absolute atomic E-state index is 0.0359. The quantitative estimate of drug-likeness (QED) is 0.674. The summed E-state index contributed by atoms with van der Waals surface area (Å²) in [6, 6.07) is 3.32. The van der Waals surface area contributed by atoms with E-state index in [1.807, 2.05) is 0 Å². The molecule has 1 amide bonds. The van der Waals surface area contributed by atoms with Gasteiger partial charge in [-0.05, 0) is 23.6 Å². The Morgan fingerprint density at radius 3 is 2.30 bits per heavy atom. The van der Waals surface area contributed by atoms with E-state index in [1.54, 1.807) is 0 Å². The number of benzene rings is 1. The molecule has 0 saturated heterocycles. The van der Waals surface area contributed by atoms with Gasteiger partial charge in [0, 0.05) is 13.1 Å². The Kier molecular flexibility index (Phi) is 3.43. The van der Waals surface area contributed by atoms with Crippen LogP contribution >= 0.6 is 0 Å². The largest absolute Gasteiger partial charge is 0.471 e. The van der Waals surface area contributed by atoms with E-state index >= 15 is 0 Å². The van der Waals surface area contributed by atoms with E-state index in [4.69, 9.17) is 0 Å². The maximum atomic E-state index is 12.8. The van der Waals surface area contributed by atoms with Crippen molar-refractivity contribution in [1.82, 2.24) is 4.90 Å². The van der Waals surface area contributed by atoms with Crippen LogP contribution in [0.15, 0.2) is 18.2 Å². The number of hydrogen-bond donors (Lipinski definition) is 0. The third-order valence-corrected chi connectivity index (χ3v) is 3.10. The fourth-order valence-electron chi connectivity index (χ4n) is 2.23. The van der Waals surface area contributed by atoms with Gasteiger partial charge >= 0.3 is 18.3 Å². The third-order valence-electron chi connectivity index (χ3n) is 3.10. The summed E-state index contributed by atoms with van der Waals surface area (Å²) in [5, 5.41) is 0. The van der Waals surface area contributed by atoms with Crippen LogP contribution in [-0.4, -0.2) is 23.5 Å². The molecule has 0 N–H and O–H groups in total. The van der Waals surface area contributed by atoms with E-state index in [1.165, 1.54) is 6.07 Å². The Labute approximate surface area is 110 Å². The number of hydrogen-bond acceptors (Lipinski definition) is 1. The van der Waals surface area contributed by atoms with E-state index < -0.39 is 30.4 Å². The summed E-state index contributed by atoms with van der Waals surface area (Å²) in [7, 11) is 0. The lowest BCUT2D eigenvalue weighted by atomic mass is 9.94. The normalized spacial score (nSPS) is 16.0. The van der Waals surface area contributed by atoms with Crippen molar-refractivity contribution in [3.05, 3.63) is 34.9 Å². The summed E-state index contributed by atoms with van der Waals surface area (Å²) in [5.74, 6) is -2.03. The topological polar surface area (TPSA) is 20.3 Å². The first-order chi connectivity index (χ1) is 9.10. The molecular formula is C12H9F6NO. The second-order valence-electron chi connectivity index (χ2n) is 4.42. The van der Waals surface area contributed by atoms with Crippen molar-refractivity contribution in [1.29, 1.82) is 0 Å². The van der Waals surface area contributed by atoms with E-state index in [2.05, 4.69) is 0 Å². The molecule has 20 heavy (non-hydrogen) atoms. The maximum absolute atomic E-state index is 12.8. The van der Waals surface area contributed by atoms with Gasteiger partial charge in [-0.3, -0.25) is 4.79 Å². The maximum Gasteiger partial charge on any atom is 0.471 e. The molecular weight excluding hydrogens is 288 g/mol. The summed E-state index contributed by atoms with van der Waals surface area (Å²) in [5.41, 5.74) is -0.788. The Bertz CT molecular complexity index is 534. The van der Waals surface area contributed by atoms with Gasteiger partial charge in [0.15, 0.2) is 0 Å². The minimum Gasteiger partial charge on any atom is -0.330 e. The van der Waals surface area contributed by atoms with Gasteiger partial charge in [0.05, 0.1) is 5.56 Å². The zero-order valence-corrected chi connectivity index (χ0v) is 9.98. The summed E-state index contributed by atoms with van der Waals surface area (Å²) in [6.45, 7) is -0.837. The lowest BCUT2D eigenvalue weighted by molar-refractivity contribution is -0.186. The number of amides is 1. The first-order valence-electron chi connectivity index (χ1n) is 5.65. The molecule has 0 saturated carbocycles. The van der Waals surface area contributed by atoms with Crippen LogP contribution in [0.3, 0.4) is 0 Å². The van der Waals surface area contributed by atoms with Crippen LogP contribution in [0.25, 0.3) is 0 Å². The molecule has 1 aromatic carbocycles. The molecule has 0 aliphatic carbocycles. The zero-order chi connectivity index (χ0) is 15.1. The number of carbonyl (C=O) groups is 1. The number of nitrogens with zero attached hydrogens (tertiary/aromatic N) is 1. The molecule has 110 valence electrons. The lowest BCUT2D eigenvalue weighted by Gasteiger charge is -2.30. The zero-order valence-electron chi connectivity index (χ0n) is 9.98. The van der Waals surface area contributed by atoms with Crippen molar-refractivity contribution in [2.24, 2.45) is 0 Å². The Balaban J connectivity index is 2.31. The highest BCUT2D eigenvalue weighted by atomic mass is 19.4. The number of carbonyl (C=O) groups excluding carboxylic acids is 1. The lowest BCUT2D eigenvalue weighted by Crippen LogP contribution is -2.44. The molecule has 1 aliphatic heterocycles. The van der Waals surface area contributed by atoms with Crippen LogP contribution in [0.2, 0.25) is 0 Å². The molecule has 0 unspecified atom stereocenters. The van der Waals surface area contributed by atoms with E-state index in [0.717, 1.165) is 12.1 Å². The molecule has 0 aromatic heterocycles. The number of halogens is 6. The summed E-state index contributed by atoms with van der Waals surface area (Å²) in [6.07, 6.45) is -9.81. The Morgan fingerprint density at radius 2 is 1.75 bits per heavy atom. The van der Waals surface area contributed by atoms with Gasteiger partial charge in [-0.1, -0.05) is 12.1 Å². The molecule has 0 atom stereocenters. The molecule has 1 aliphatic rings. The molecule has 1 heterocycles. The van der Waals surface area contributed by atoms with E-state index in [9.17, 15) is 31.1 Å². The second kappa shape index (κ2) is 4.68. The monoisotopic (exact) mass is 297 g/mol. The standard InChI is InChI=1S/C12H9F6NO/c13-11(14,15)9-3-1-2-7-6-19(5-4-8(7)9)10(20)12(16,17)18/h1-3H,4-6H2. The van der Waals surface area contributed by atoms with Crippen LogP contribution in [0.5, 0.6) is 0 Å². The predicted octanol–water partition coefficient (Wildman–Crippen LogP) is 3.15. The number of rotatable bonds is 0. The Morgan fingerprint density at radius 1 is 1.10 bits per heavy atom. The van der Waals surface area contributed by atoms with Crippen molar-refractivity contribution in [2.75, 3.05) is 6.54 Å². The smallest absolute Gasteiger partial charge is 0.330 e. The molecule has 1 aromatic rings. The van der Waals surface area contributed by atoms with Gasteiger partial charge in [-0.15, -0.1) is 0 Å². The van der Waals surface area contributed by atoms with Gasteiger partial charge in [0.25, 0.3) is 0 Å². The van der Waals surface area contributed by atoms with Crippen molar-refractivity contribution >= 4 is 5.91 Å².